The first-order chi connectivity index (χ1) is 14.2. The van der Waals surface area contributed by atoms with Crippen molar-refractivity contribution in [3.8, 4) is 0 Å². The van der Waals surface area contributed by atoms with E-state index in [1.807, 2.05) is 24.5 Å². The van der Waals surface area contributed by atoms with Gasteiger partial charge in [0.05, 0.1) is 22.4 Å². The molecule has 0 bridgehead atoms. The Morgan fingerprint density at radius 3 is 2.76 bits per heavy atom. The number of halogens is 1. The lowest BCUT2D eigenvalue weighted by Gasteiger charge is -2.26. The summed E-state index contributed by atoms with van der Waals surface area (Å²) in [5, 5.41) is 0. The highest BCUT2D eigenvalue weighted by atomic mass is 19.1. The molecule has 1 saturated heterocycles. The van der Waals surface area contributed by atoms with Gasteiger partial charge in [0.2, 0.25) is 0 Å². The van der Waals surface area contributed by atoms with Gasteiger partial charge in [-0.25, -0.2) is 4.39 Å². The zero-order valence-electron chi connectivity index (χ0n) is 16.0. The fourth-order valence-electron chi connectivity index (χ4n) is 4.61. The van der Waals surface area contributed by atoms with Crippen LogP contribution < -0.4 is 4.90 Å². The van der Waals surface area contributed by atoms with Gasteiger partial charge >= 0.3 is 0 Å². The first kappa shape index (κ1) is 17.8. The SMILES string of the molecule is O=C(c1ccccc1F)N1CCC2(C1)CN(Cc1cccnc1)c1cccnc12. The average molecular weight is 388 g/mol. The van der Waals surface area contributed by atoms with E-state index in [4.69, 9.17) is 4.98 Å². The number of likely N-dealkylation sites (tertiary alicyclic amines) is 1. The van der Waals surface area contributed by atoms with Crippen LogP contribution in [0.15, 0.2) is 67.1 Å². The van der Waals surface area contributed by atoms with E-state index in [9.17, 15) is 9.18 Å². The molecule has 4 heterocycles. The van der Waals surface area contributed by atoms with Gasteiger partial charge in [0, 0.05) is 44.8 Å². The van der Waals surface area contributed by atoms with Gasteiger partial charge in [-0.2, -0.15) is 0 Å². The molecule has 0 N–H and O–H groups in total. The summed E-state index contributed by atoms with van der Waals surface area (Å²) in [6.45, 7) is 2.68. The topological polar surface area (TPSA) is 49.3 Å². The van der Waals surface area contributed by atoms with Crippen molar-refractivity contribution in [2.24, 2.45) is 0 Å². The Hall–Kier alpha value is -3.28. The van der Waals surface area contributed by atoms with Crippen LogP contribution in [0.25, 0.3) is 0 Å². The predicted molar refractivity (Wildman–Crippen MR) is 108 cm³/mol. The van der Waals surface area contributed by atoms with Crippen molar-refractivity contribution in [3.63, 3.8) is 0 Å². The van der Waals surface area contributed by atoms with Crippen molar-refractivity contribution >= 4 is 11.6 Å². The number of amides is 1. The number of anilines is 1. The summed E-state index contributed by atoms with van der Waals surface area (Å²) < 4.78 is 14.1. The summed E-state index contributed by atoms with van der Waals surface area (Å²) >= 11 is 0. The van der Waals surface area contributed by atoms with Gasteiger partial charge in [-0.1, -0.05) is 18.2 Å². The van der Waals surface area contributed by atoms with Crippen molar-refractivity contribution in [1.29, 1.82) is 0 Å². The van der Waals surface area contributed by atoms with Gasteiger partial charge in [0.25, 0.3) is 5.91 Å². The number of hydrogen-bond acceptors (Lipinski definition) is 4. The molecule has 1 aromatic carbocycles. The molecule has 1 amide bonds. The van der Waals surface area contributed by atoms with Gasteiger partial charge in [0.15, 0.2) is 0 Å². The Morgan fingerprint density at radius 1 is 1.07 bits per heavy atom. The van der Waals surface area contributed by atoms with Crippen molar-refractivity contribution in [3.05, 3.63) is 89.8 Å². The maximum Gasteiger partial charge on any atom is 0.256 e. The number of carbonyl (C=O) groups is 1. The number of benzene rings is 1. The molecule has 146 valence electrons. The molecule has 0 aliphatic carbocycles. The molecule has 5 rings (SSSR count). The first-order valence-corrected chi connectivity index (χ1v) is 9.79. The van der Waals surface area contributed by atoms with Crippen molar-refractivity contribution in [2.75, 3.05) is 24.5 Å². The maximum atomic E-state index is 14.1. The minimum absolute atomic E-state index is 0.135. The van der Waals surface area contributed by atoms with E-state index in [0.717, 1.165) is 36.5 Å². The lowest BCUT2D eigenvalue weighted by molar-refractivity contribution is 0.0779. The minimum Gasteiger partial charge on any atom is -0.365 e. The van der Waals surface area contributed by atoms with Gasteiger partial charge in [-0.15, -0.1) is 0 Å². The monoisotopic (exact) mass is 388 g/mol. The molecular formula is C23H21FN4O. The first-order valence-electron chi connectivity index (χ1n) is 9.79. The number of carbonyl (C=O) groups excluding carboxylic acids is 1. The molecule has 1 spiro atoms. The van der Waals surface area contributed by atoms with Gasteiger partial charge in [0.1, 0.15) is 5.82 Å². The summed E-state index contributed by atoms with van der Waals surface area (Å²) in [7, 11) is 0. The number of nitrogens with zero attached hydrogens (tertiary/aromatic N) is 4. The number of hydrogen-bond donors (Lipinski definition) is 0. The Labute approximate surface area is 168 Å². The second kappa shape index (κ2) is 6.95. The number of rotatable bonds is 3. The van der Waals surface area contributed by atoms with Crippen LogP contribution in [0.1, 0.15) is 28.0 Å². The largest absolute Gasteiger partial charge is 0.365 e. The molecule has 0 saturated carbocycles. The third-order valence-electron chi connectivity index (χ3n) is 5.96. The molecule has 5 nitrogen and oxygen atoms in total. The number of fused-ring (bicyclic) bond motifs is 2. The fourth-order valence-corrected chi connectivity index (χ4v) is 4.61. The summed E-state index contributed by atoms with van der Waals surface area (Å²) in [6, 6.07) is 14.2. The lowest BCUT2D eigenvalue weighted by Crippen LogP contribution is -2.38. The van der Waals surface area contributed by atoms with E-state index in [-0.39, 0.29) is 16.9 Å². The molecule has 1 fully saturated rings. The number of aromatic nitrogens is 2. The van der Waals surface area contributed by atoms with E-state index in [2.05, 4.69) is 22.0 Å². The minimum atomic E-state index is -0.471. The van der Waals surface area contributed by atoms with E-state index < -0.39 is 5.82 Å². The van der Waals surface area contributed by atoms with Crippen molar-refractivity contribution in [2.45, 2.75) is 18.4 Å². The van der Waals surface area contributed by atoms with E-state index in [1.54, 1.807) is 29.3 Å². The quantitative estimate of drug-likeness (QED) is 0.690. The normalized spacial score (nSPS) is 20.3. The van der Waals surface area contributed by atoms with Gasteiger partial charge in [-0.05, 0) is 42.3 Å². The Balaban J connectivity index is 1.42. The van der Waals surface area contributed by atoms with Crippen LogP contribution >= 0.6 is 0 Å². The zero-order valence-corrected chi connectivity index (χ0v) is 16.0. The Kier molecular flexibility index (Phi) is 4.27. The summed E-state index contributed by atoms with van der Waals surface area (Å²) in [6.07, 6.45) is 6.29. The molecule has 1 unspecified atom stereocenters. The average Bonchev–Trinajstić information content (AvgIpc) is 3.31. The van der Waals surface area contributed by atoms with Crippen LogP contribution in [0.3, 0.4) is 0 Å². The van der Waals surface area contributed by atoms with E-state index >= 15 is 0 Å². The molecule has 6 heteroatoms. The molecule has 0 radical (unpaired) electrons. The predicted octanol–water partition coefficient (Wildman–Crippen LogP) is 3.42. The summed E-state index contributed by atoms with van der Waals surface area (Å²) in [5.41, 5.74) is 3.19. The fraction of sp³-hybridized carbons (Fsp3) is 0.261. The van der Waals surface area contributed by atoms with Crippen molar-refractivity contribution < 1.29 is 9.18 Å². The summed E-state index contributed by atoms with van der Waals surface area (Å²) in [5.74, 6) is -0.718. The van der Waals surface area contributed by atoms with Crippen molar-refractivity contribution in [1.82, 2.24) is 14.9 Å². The highest BCUT2D eigenvalue weighted by Crippen LogP contribution is 2.45. The third-order valence-corrected chi connectivity index (χ3v) is 5.96. The molecule has 1 atom stereocenters. The van der Waals surface area contributed by atoms with Crippen LogP contribution in [0.5, 0.6) is 0 Å². The molecule has 3 aromatic rings. The van der Waals surface area contributed by atoms with Crippen LogP contribution in [0.2, 0.25) is 0 Å². The van der Waals surface area contributed by atoms with Crippen LogP contribution in [-0.4, -0.2) is 40.4 Å². The highest BCUT2D eigenvalue weighted by Gasteiger charge is 2.49. The zero-order chi connectivity index (χ0) is 19.8. The molecule has 2 aliphatic heterocycles. The van der Waals surface area contributed by atoms with Crippen LogP contribution in [0.4, 0.5) is 10.1 Å². The third kappa shape index (κ3) is 3.05. The maximum absolute atomic E-state index is 14.1. The van der Waals surface area contributed by atoms with Gasteiger partial charge < -0.3 is 9.80 Å². The second-order valence-corrected chi connectivity index (χ2v) is 7.83. The smallest absolute Gasteiger partial charge is 0.256 e. The Morgan fingerprint density at radius 2 is 1.93 bits per heavy atom. The molecule has 2 aromatic heterocycles. The second-order valence-electron chi connectivity index (χ2n) is 7.83. The van der Waals surface area contributed by atoms with Crippen LogP contribution in [0, 0.1) is 5.82 Å². The lowest BCUT2D eigenvalue weighted by atomic mass is 9.85. The number of pyridine rings is 2. The Bertz CT molecular complexity index is 1060. The van der Waals surface area contributed by atoms with Gasteiger partial charge in [-0.3, -0.25) is 14.8 Å². The molecular weight excluding hydrogens is 367 g/mol. The standard InChI is InChI=1S/C23H21FN4O/c24-19-7-2-1-6-18(19)22(29)27-12-9-23(15-27)16-28(14-17-5-3-10-25-13-17)20-8-4-11-26-21(20)23/h1-8,10-11,13H,9,12,14-16H2. The highest BCUT2D eigenvalue weighted by molar-refractivity contribution is 5.94. The summed E-state index contributed by atoms with van der Waals surface area (Å²) in [4.78, 5) is 25.9. The molecule has 29 heavy (non-hydrogen) atoms. The van der Waals surface area contributed by atoms with E-state index in [1.165, 1.54) is 6.07 Å². The molecule has 2 aliphatic rings. The van der Waals surface area contributed by atoms with Crippen LogP contribution in [-0.2, 0) is 12.0 Å². The van der Waals surface area contributed by atoms with E-state index in [0.29, 0.717) is 13.1 Å².